The monoisotopic (exact) mass is 253 g/mol. The summed E-state index contributed by atoms with van der Waals surface area (Å²) in [6.07, 6.45) is 2.03. The molecule has 0 aliphatic rings. The van der Waals surface area contributed by atoms with Crippen molar-refractivity contribution in [2.24, 2.45) is 10.9 Å². The van der Waals surface area contributed by atoms with Crippen LogP contribution in [0.5, 0.6) is 0 Å². The normalized spacial score (nSPS) is 11.3. The summed E-state index contributed by atoms with van der Waals surface area (Å²) in [5.41, 5.74) is 5.54. The molecule has 8 nitrogen and oxygen atoms in total. The summed E-state index contributed by atoms with van der Waals surface area (Å²) in [5.74, 6) is 0.238. The zero-order valence-electron chi connectivity index (χ0n) is 10.2. The van der Waals surface area contributed by atoms with E-state index in [1.807, 2.05) is 6.92 Å². The number of nitro groups is 1. The molecular formula is C10H15N5O3. The highest BCUT2D eigenvalue weighted by molar-refractivity contribution is 6.01. The van der Waals surface area contributed by atoms with Crippen LogP contribution in [0.2, 0.25) is 0 Å². The number of pyridine rings is 1. The molecule has 98 valence electrons. The Bertz CT molecular complexity index is 475. The van der Waals surface area contributed by atoms with E-state index in [-0.39, 0.29) is 17.1 Å². The number of hydrogen-bond acceptors (Lipinski definition) is 6. The number of amidine groups is 1. The molecule has 0 radical (unpaired) electrons. The summed E-state index contributed by atoms with van der Waals surface area (Å²) in [5, 5.41) is 22.2. The van der Waals surface area contributed by atoms with Crippen LogP contribution in [0.25, 0.3) is 0 Å². The average Bonchev–Trinajstić information content (AvgIpc) is 2.37. The van der Waals surface area contributed by atoms with Gasteiger partial charge in [0.2, 0.25) is 0 Å². The van der Waals surface area contributed by atoms with Gasteiger partial charge in [-0.05, 0) is 6.42 Å². The summed E-state index contributed by atoms with van der Waals surface area (Å²) in [4.78, 5) is 15.9. The van der Waals surface area contributed by atoms with Crippen molar-refractivity contribution in [3.05, 3.63) is 27.9 Å². The highest BCUT2D eigenvalue weighted by Crippen LogP contribution is 2.21. The van der Waals surface area contributed by atoms with Gasteiger partial charge in [0.25, 0.3) is 5.69 Å². The molecule has 1 aromatic rings. The summed E-state index contributed by atoms with van der Waals surface area (Å²) in [6.45, 7) is 2.70. The third-order valence-corrected chi connectivity index (χ3v) is 2.37. The van der Waals surface area contributed by atoms with E-state index in [1.165, 1.54) is 6.07 Å². The van der Waals surface area contributed by atoms with Crippen molar-refractivity contribution >= 4 is 17.3 Å². The molecule has 0 fully saturated rings. The van der Waals surface area contributed by atoms with E-state index in [0.29, 0.717) is 12.4 Å². The molecule has 1 rings (SSSR count). The van der Waals surface area contributed by atoms with Crippen molar-refractivity contribution in [3.8, 4) is 0 Å². The Kier molecular flexibility index (Phi) is 4.41. The first-order valence-corrected chi connectivity index (χ1v) is 5.34. The van der Waals surface area contributed by atoms with Crippen molar-refractivity contribution in [2.75, 3.05) is 18.5 Å². The molecule has 1 heterocycles. The lowest BCUT2D eigenvalue weighted by molar-refractivity contribution is -0.385. The lowest BCUT2D eigenvalue weighted by Crippen LogP contribution is -2.25. The molecule has 3 N–H and O–H groups in total. The highest BCUT2D eigenvalue weighted by Gasteiger charge is 2.17. The van der Waals surface area contributed by atoms with E-state index in [2.05, 4.69) is 10.1 Å². The number of hydrogen-bond donors (Lipinski definition) is 2. The van der Waals surface area contributed by atoms with Crippen molar-refractivity contribution in [1.29, 1.82) is 0 Å². The number of oxime groups is 1. The van der Waals surface area contributed by atoms with Gasteiger partial charge in [0, 0.05) is 19.7 Å². The topological polar surface area (TPSA) is 118 Å². The summed E-state index contributed by atoms with van der Waals surface area (Å²) in [7, 11) is 1.78. The molecule has 0 bridgehead atoms. The van der Waals surface area contributed by atoms with E-state index < -0.39 is 4.92 Å². The van der Waals surface area contributed by atoms with Gasteiger partial charge in [-0.2, -0.15) is 0 Å². The van der Waals surface area contributed by atoms with Crippen LogP contribution >= 0.6 is 0 Å². The predicted molar refractivity (Wildman–Crippen MR) is 67.0 cm³/mol. The third-order valence-electron chi connectivity index (χ3n) is 2.37. The molecule has 18 heavy (non-hydrogen) atoms. The second kappa shape index (κ2) is 5.80. The maximum absolute atomic E-state index is 10.7. The highest BCUT2D eigenvalue weighted by atomic mass is 16.6. The number of rotatable bonds is 5. The first-order valence-electron chi connectivity index (χ1n) is 5.34. The van der Waals surface area contributed by atoms with Gasteiger partial charge < -0.3 is 15.8 Å². The van der Waals surface area contributed by atoms with E-state index in [0.717, 1.165) is 12.6 Å². The maximum Gasteiger partial charge on any atom is 0.288 e. The quantitative estimate of drug-likeness (QED) is 0.265. The number of aromatic nitrogens is 1. The zero-order chi connectivity index (χ0) is 13.7. The Hall–Kier alpha value is -2.38. The first kappa shape index (κ1) is 13.7. The lowest BCUT2D eigenvalue weighted by atomic mass is 10.2. The van der Waals surface area contributed by atoms with Gasteiger partial charge in [-0.3, -0.25) is 10.1 Å². The summed E-state index contributed by atoms with van der Waals surface area (Å²) in [6, 6.07) is 1.24. The number of nitrogens with two attached hydrogens (primary N) is 1. The Morgan fingerprint density at radius 1 is 1.72 bits per heavy atom. The van der Waals surface area contributed by atoms with E-state index in [9.17, 15) is 10.1 Å². The van der Waals surface area contributed by atoms with Crippen LogP contribution in [-0.4, -0.2) is 34.5 Å². The van der Waals surface area contributed by atoms with Crippen LogP contribution in [0.1, 0.15) is 18.9 Å². The molecule has 0 aliphatic heterocycles. The lowest BCUT2D eigenvalue weighted by Gasteiger charge is -2.19. The Balaban J connectivity index is 3.29. The van der Waals surface area contributed by atoms with Gasteiger partial charge in [0.1, 0.15) is 12.0 Å². The molecule has 0 aromatic carbocycles. The van der Waals surface area contributed by atoms with Gasteiger partial charge in [-0.15, -0.1) is 0 Å². The van der Waals surface area contributed by atoms with E-state index >= 15 is 0 Å². The van der Waals surface area contributed by atoms with E-state index in [1.54, 1.807) is 11.9 Å². The first-order chi connectivity index (χ1) is 8.51. The molecule has 0 amide bonds. The molecule has 0 unspecified atom stereocenters. The standard InChI is InChI=1S/C10H15N5O3/c1-3-4-14(2)10-8(9(11)13-16)5-7(6-12-10)15(17)18/h5-6,16H,3-4H2,1-2H3,(H2,11,13). The molecular weight excluding hydrogens is 238 g/mol. The van der Waals surface area contributed by atoms with Gasteiger partial charge in [0.05, 0.1) is 10.5 Å². The van der Waals surface area contributed by atoms with Crippen LogP contribution in [0.3, 0.4) is 0 Å². The minimum absolute atomic E-state index is 0.203. The third kappa shape index (κ3) is 2.84. The smallest absolute Gasteiger partial charge is 0.288 e. The van der Waals surface area contributed by atoms with Crippen LogP contribution in [0.15, 0.2) is 17.4 Å². The largest absolute Gasteiger partial charge is 0.409 e. The molecule has 0 atom stereocenters. The molecule has 0 spiro atoms. The SMILES string of the molecule is CCCN(C)c1ncc([N+](=O)[O-])cc1C(N)=NO. The van der Waals surface area contributed by atoms with Gasteiger partial charge in [-0.25, -0.2) is 4.98 Å². The van der Waals surface area contributed by atoms with Crippen LogP contribution in [0.4, 0.5) is 11.5 Å². The van der Waals surface area contributed by atoms with Gasteiger partial charge in [0.15, 0.2) is 5.84 Å². The van der Waals surface area contributed by atoms with Gasteiger partial charge >= 0.3 is 0 Å². The molecule has 0 saturated carbocycles. The Morgan fingerprint density at radius 3 is 2.89 bits per heavy atom. The predicted octanol–water partition coefficient (Wildman–Crippen LogP) is 0.930. The number of nitrogens with zero attached hydrogens (tertiary/aromatic N) is 4. The second-order valence-electron chi connectivity index (χ2n) is 3.73. The fraction of sp³-hybridized carbons (Fsp3) is 0.400. The fourth-order valence-corrected chi connectivity index (χ4v) is 1.53. The second-order valence-corrected chi connectivity index (χ2v) is 3.73. The zero-order valence-corrected chi connectivity index (χ0v) is 10.2. The maximum atomic E-state index is 10.7. The van der Waals surface area contributed by atoms with Crippen LogP contribution in [0, 0.1) is 10.1 Å². The minimum atomic E-state index is -0.579. The molecule has 0 aliphatic carbocycles. The summed E-state index contributed by atoms with van der Waals surface area (Å²) >= 11 is 0. The summed E-state index contributed by atoms with van der Waals surface area (Å²) < 4.78 is 0. The van der Waals surface area contributed by atoms with Crippen LogP contribution < -0.4 is 10.6 Å². The Morgan fingerprint density at radius 2 is 2.39 bits per heavy atom. The fourth-order valence-electron chi connectivity index (χ4n) is 1.53. The van der Waals surface area contributed by atoms with Gasteiger partial charge in [-0.1, -0.05) is 12.1 Å². The molecule has 1 aromatic heterocycles. The van der Waals surface area contributed by atoms with Crippen molar-refractivity contribution < 1.29 is 10.1 Å². The van der Waals surface area contributed by atoms with Crippen molar-refractivity contribution in [2.45, 2.75) is 13.3 Å². The molecule has 8 heteroatoms. The van der Waals surface area contributed by atoms with E-state index in [4.69, 9.17) is 10.9 Å². The number of anilines is 1. The van der Waals surface area contributed by atoms with Crippen molar-refractivity contribution in [3.63, 3.8) is 0 Å². The Labute approximate surface area is 104 Å². The average molecular weight is 253 g/mol. The molecule has 0 saturated heterocycles. The van der Waals surface area contributed by atoms with Crippen LogP contribution in [-0.2, 0) is 0 Å². The minimum Gasteiger partial charge on any atom is -0.409 e. The van der Waals surface area contributed by atoms with Crippen molar-refractivity contribution in [1.82, 2.24) is 4.98 Å².